The van der Waals surface area contributed by atoms with Gasteiger partial charge in [0.2, 0.25) is 0 Å². The summed E-state index contributed by atoms with van der Waals surface area (Å²) in [6.45, 7) is 4.26. The third-order valence-corrected chi connectivity index (χ3v) is 4.99. The van der Waals surface area contributed by atoms with Crippen molar-refractivity contribution >= 4 is 17.3 Å². The summed E-state index contributed by atoms with van der Waals surface area (Å²) in [5.74, 6) is 1.18. The number of aromatic nitrogens is 2. The van der Waals surface area contributed by atoms with E-state index in [9.17, 15) is 4.79 Å². The smallest absolute Gasteiger partial charge is 0.168 e. The van der Waals surface area contributed by atoms with Gasteiger partial charge in [-0.3, -0.25) is 4.79 Å². The quantitative estimate of drug-likeness (QED) is 0.728. The molecule has 1 N–H and O–H groups in total. The molecule has 1 heterocycles. The largest absolute Gasteiger partial charge is 0.338 e. The summed E-state index contributed by atoms with van der Waals surface area (Å²) < 4.78 is 1.93. The van der Waals surface area contributed by atoms with Crippen molar-refractivity contribution in [3.63, 3.8) is 0 Å². The van der Waals surface area contributed by atoms with E-state index in [1.54, 1.807) is 0 Å². The van der Waals surface area contributed by atoms with E-state index in [2.05, 4.69) is 25.2 Å². The lowest BCUT2D eigenvalue weighted by atomic mass is 9.87. The van der Waals surface area contributed by atoms with Crippen LogP contribution >= 0.6 is 0 Å². The Bertz CT molecular complexity index is 943. The molecule has 0 saturated heterocycles. The molecule has 1 atom stereocenters. The van der Waals surface area contributed by atoms with Crippen LogP contribution in [0.3, 0.4) is 0 Å². The highest BCUT2D eigenvalue weighted by atomic mass is 16.1. The Morgan fingerprint density at radius 2 is 1.81 bits per heavy atom. The highest BCUT2D eigenvalue weighted by Gasteiger charge is 2.31. The Morgan fingerprint density at radius 1 is 1.08 bits per heavy atom. The standard InChI is InChI=1S/C22H23N3O/c1-3-16-9-7-8-12-18(16)23-22-21-19(13-15(2)14-20(21)26)25(24-22)17-10-5-4-6-11-17/h4-12,15H,3,13-14H2,1-2H3,(H,23,24)/t15-/m1/s1. The van der Waals surface area contributed by atoms with E-state index < -0.39 is 0 Å². The first-order chi connectivity index (χ1) is 12.7. The molecule has 4 rings (SSSR count). The van der Waals surface area contributed by atoms with Gasteiger partial charge in [0, 0.05) is 12.1 Å². The van der Waals surface area contributed by atoms with Crippen LogP contribution in [-0.4, -0.2) is 15.6 Å². The summed E-state index contributed by atoms with van der Waals surface area (Å²) in [6.07, 6.45) is 2.37. The molecule has 0 aliphatic heterocycles. The summed E-state index contributed by atoms with van der Waals surface area (Å²) in [6, 6.07) is 18.2. The predicted molar refractivity (Wildman–Crippen MR) is 104 cm³/mol. The number of rotatable bonds is 4. The fourth-order valence-electron chi connectivity index (χ4n) is 3.70. The number of ketones is 1. The highest BCUT2D eigenvalue weighted by molar-refractivity contribution is 6.03. The van der Waals surface area contributed by atoms with Crippen LogP contribution in [0.5, 0.6) is 0 Å². The van der Waals surface area contributed by atoms with Crippen LogP contribution in [0.15, 0.2) is 54.6 Å². The Labute approximate surface area is 153 Å². The molecule has 26 heavy (non-hydrogen) atoms. The van der Waals surface area contributed by atoms with Crippen LogP contribution in [-0.2, 0) is 12.8 Å². The third-order valence-electron chi connectivity index (χ3n) is 4.99. The molecule has 1 aliphatic carbocycles. The number of carbonyl (C=O) groups excluding carboxylic acids is 1. The number of anilines is 2. The molecule has 1 aliphatic rings. The molecule has 1 aromatic heterocycles. The van der Waals surface area contributed by atoms with Crippen molar-refractivity contribution in [2.45, 2.75) is 33.1 Å². The minimum atomic E-state index is 0.178. The Morgan fingerprint density at radius 3 is 2.58 bits per heavy atom. The molecule has 0 spiro atoms. The van der Waals surface area contributed by atoms with E-state index in [4.69, 9.17) is 5.10 Å². The second-order valence-corrected chi connectivity index (χ2v) is 6.99. The average Bonchev–Trinajstić information content (AvgIpc) is 3.01. The molecule has 0 saturated carbocycles. The number of para-hydroxylation sites is 2. The molecule has 3 aromatic rings. The van der Waals surface area contributed by atoms with Gasteiger partial charge in [0.05, 0.1) is 16.9 Å². The SMILES string of the molecule is CCc1ccccc1Nc1nn(-c2ccccc2)c2c1C(=O)C[C@H](C)C2. The van der Waals surface area contributed by atoms with Gasteiger partial charge in [-0.2, -0.15) is 0 Å². The van der Waals surface area contributed by atoms with Crippen LogP contribution < -0.4 is 5.32 Å². The number of nitrogens with zero attached hydrogens (tertiary/aromatic N) is 2. The number of aryl methyl sites for hydroxylation is 1. The maximum atomic E-state index is 12.8. The van der Waals surface area contributed by atoms with Crippen molar-refractivity contribution in [3.8, 4) is 5.69 Å². The van der Waals surface area contributed by atoms with Crippen LogP contribution in [0.2, 0.25) is 0 Å². The topological polar surface area (TPSA) is 46.9 Å². The second-order valence-electron chi connectivity index (χ2n) is 6.99. The number of hydrogen-bond acceptors (Lipinski definition) is 3. The van der Waals surface area contributed by atoms with E-state index in [1.807, 2.05) is 53.2 Å². The minimum Gasteiger partial charge on any atom is -0.338 e. The van der Waals surface area contributed by atoms with Crippen LogP contribution in [0.4, 0.5) is 11.5 Å². The van der Waals surface area contributed by atoms with Gasteiger partial charge in [0.15, 0.2) is 11.6 Å². The number of hydrogen-bond donors (Lipinski definition) is 1. The van der Waals surface area contributed by atoms with Crippen molar-refractivity contribution in [2.24, 2.45) is 5.92 Å². The van der Waals surface area contributed by atoms with E-state index in [0.717, 1.165) is 35.5 Å². The predicted octanol–water partition coefficient (Wildman–Crippen LogP) is 4.94. The van der Waals surface area contributed by atoms with Gasteiger partial charge >= 0.3 is 0 Å². The first kappa shape index (κ1) is 16.6. The Hall–Kier alpha value is -2.88. The second kappa shape index (κ2) is 6.79. The van der Waals surface area contributed by atoms with Crippen LogP contribution in [0.25, 0.3) is 5.69 Å². The fraction of sp³-hybridized carbons (Fsp3) is 0.273. The van der Waals surface area contributed by atoms with Crippen molar-refractivity contribution in [1.29, 1.82) is 0 Å². The van der Waals surface area contributed by atoms with Gasteiger partial charge < -0.3 is 5.32 Å². The van der Waals surface area contributed by atoms with E-state index >= 15 is 0 Å². The monoisotopic (exact) mass is 345 g/mol. The van der Waals surface area contributed by atoms with Crippen LogP contribution in [0.1, 0.15) is 41.9 Å². The summed E-state index contributed by atoms with van der Waals surface area (Å²) >= 11 is 0. The molecule has 0 fully saturated rings. The molecule has 0 amide bonds. The van der Waals surface area contributed by atoms with Crippen molar-refractivity contribution < 1.29 is 4.79 Å². The number of carbonyl (C=O) groups is 1. The van der Waals surface area contributed by atoms with Crippen LogP contribution in [0, 0.1) is 5.92 Å². The minimum absolute atomic E-state index is 0.178. The van der Waals surface area contributed by atoms with E-state index in [1.165, 1.54) is 5.56 Å². The maximum Gasteiger partial charge on any atom is 0.168 e. The van der Waals surface area contributed by atoms with Crippen molar-refractivity contribution in [1.82, 2.24) is 9.78 Å². The molecule has 4 heteroatoms. The fourth-order valence-corrected chi connectivity index (χ4v) is 3.70. The zero-order valence-corrected chi connectivity index (χ0v) is 15.2. The van der Waals surface area contributed by atoms with E-state index in [-0.39, 0.29) is 5.78 Å². The first-order valence-electron chi connectivity index (χ1n) is 9.22. The van der Waals surface area contributed by atoms with Gasteiger partial charge in [-0.05, 0) is 42.5 Å². The zero-order valence-electron chi connectivity index (χ0n) is 15.2. The zero-order chi connectivity index (χ0) is 18.1. The normalized spacial score (nSPS) is 16.4. The number of fused-ring (bicyclic) bond motifs is 1. The maximum absolute atomic E-state index is 12.8. The first-order valence-corrected chi connectivity index (χ1v) is 9.22. The highest BCUT2D eigenvalue weighted by Crippen LogP contribution is 2.34. The Kier molecular flexibility index (Phi) is 4.33. The van der Waals surface area contributed by atoms with Crippen molar-refractivity contribution in [2.75, 3.05) is 5.32 Å². The number of nitrogens with one attached hydrogen (secondary N) is 1. The molecule has 0 bridgehead atoms. The van der Waals surface area contributed by atoms with Gasteiger partial charge in [-0.25, -0.2) is 4.68 Å². The Balaban J connectivity index is 1.84. The van der Waals surface area contributed by atoms with E-state index in [0.29, 0.717) is 18.2 Å². The summed E-state index contributed by atoms with van der Waals surface area (Å²) in [5.41, 5.74) is 4.98. The number of Topliss-reactive ketones (excluding diaryl/α,β-unsaturated/α-hetero) is 1. The molecule has 0 unspecified atom stereocenters. The lowest BCUT2D eigenvalue weighted by molar-refractivity contribution is 0.0953. The number of benzene rings is 2. The molecule has 0 radical (unpaired) electrons. The lowest BCUT2D eigenvalue weighted by Gasteiger charge is -2.19. The lowest BCUT2D eigenvalue weighted by Crippen LogP contribution is -2.19. The summed E-state index contributed by atoms with van der Waals surface area (Å²) in [4.78, 5) is 12.8. The molecular formula is C22H23N3O. The van der Waals surface area contributed by atoms with Gasteiger partial charge in [-0.1, -0.05) is 50.2 Å². The van der Waals surface area contributed by atoms with Crippen molar-refractivity contribution in [3.05, 3.63) is 71.4 Å². The summed E-state index contributed by atoms with van der Waals surface area (Å²) in [5, 5.41) is 8.24. The van der Waals surface area contributed by atoms with Gasteiger partial charge in [0.1, 0.15) is 0 Å². The molecule has 2 aromatic carbocycles. The molecular weight excluding hydrogens is 322 g/mol. The average molecular weight is 345 g/mol. The summed E-state index contributed by atoms with van der Waals surface area (Å²) in [7, 11) is 0. The van der Waals surface area contributed by atoms with Gasteiger partial charge in [-0.15, -0.1) is 5.10 Å². The molecule has 132 valence electrons. The third kappa shape index (κ3) is 2.92. The van der Waals surface area contributed by atoms with Gasteiger partial charge in [0.25, 0.3) is 0 Å². The molecule has 4 nitrogen and oxygen atoms in total.